The van der Waals surface area contributed by atoms with Gasteiger partial charge in [-0.1, -0.05) is 23.9 Å². The van der Waals surface area contributed by atoms with Crippen molar-refractivity contribution in [3.05, 3.63) is 62.5 Å². The molecule has 28 heavy (non-hydrogen) atoms. The van der Waals surface area contributed by atoms with E-state index in [9.17, 15) is 4.79 Å². The number of thioether (sulfide) groups is 1. The zero-order valence-electron chi connectivity index (χ0n) is 15.8. The van der Waals surface area contributed by atoms with E-state index in [1.807, 2.05) is 50.2 Å². The summed E-state index contributed by atoms with van der Waals surface area (Å²) in [5.74, 6) is 1.41. The molecule has 3 aromatic rings. The van der Waals surface area contributed by atoms with E-state index in [1.54, 1.807) is 7.11 Å². The first-order valence-electron chi connectivity index (χ1n) is 8.59. The summed E-state index contributed by atoms with van der Waals surface area (Å²) in [4.78, 5) is 12.3. The Kier molecular flexibility index (Phi) is 6.95. The van der Waals surface area contributed by atoms with Crippen molar-refractivity contribution in [3.63, 3.8) is 0 Å². The number of hydrogen-bond acceptors (Lipinski definition) is 6. The molecule has 0 bridgehead atoms. The molecule has 0 fully saturated rings. The van der Waals surface area contributed by atoms with Crippen molar-refractivity contribution in [2.45, 2.75) is 25.5 Å². The lowest BCUT2D eigenvalue weighted by Crippen LogP contribution is -2.16. The number of amides is 1. The van der Waals surface area contributed by atoms with Gasteiger partial charge in [-0.25, -0.2) is 0 Å². The molecule has 0 saturated carbocycles. The lowest BCUT2D eigenvalue weighted by molar-refractivity contribution is -0.113. The second kappa shape index (κ2) is 9.42. The third kappa shape index (κ3) is 5.48. The Hall–Kier alpha value is -2.07. The summed E-state index contributed by atoms with van der Waals surface area (Å²) < 4.78 is 11.9. The van der Waals surface area contributed by atoms with E-state index in [1.165, 1.54) is 11.8 Å². The topological polar surface area (TPSA) is 77.2 Å². The van der Waals surface area contributed by atoms with Gasteiger partial charge in [0.15, 0.2) is 0 Å². The molecule has 8 heteroatoms. The predicted octanol–water partition coefficient (Wildman–Crippen LogP) is 4.62. The number of halogens is 1. The van der Waals surface area contributed by atoms with Gasteiger partial charge in [0.2, 0.25) is 11.8 Å². The summed E-state index contributed by atoms with van der Waals surface area (Å²) in [6.07, 6.45) is 0.533. The maximum absolute atomic E-state index is 12.3. The largest absolute Gasteiger partial charge is 0.497 e. The van der Waals surface area contributed by atoms with Crippen molar-refractivity contribution >= 4 is 45.9 Å². The zero-order valence-corrected chi connectivity index (χ0v) is 18.8. The molecule has 1 amide bonds. The smallest absolute Gasteiger partial charge is 0.277 e. The van der Waals surface area contributed by atoms with Gasteiger partial charge in [0, 0.05) is 9.26 Å². The number of aryl methyl sites for hydroxylation is 2. The fourth-order valence-corrected chi connectivity index (χ4v) is 4.21. The maximum atomic E-state index is 12.3. The number of carbonyl (C=O) groups excluding carboxylic acids is 1. The minimum atomic E-state index is -0.104. The van der Waals surface area contributed by atoms with E-state index in [-0.39, 0.29) is 11.7 Å². The number of ether oxygens (including phenoxy) is 1. The number of hydrogen-bond donors (Lipinski definition) is 1. The molecule has 146 valence electrons. The average Bonchev–Trinajstić information content (AvgIpc) is 3.11. The van der Waals surface area contributed by atoms with Gasteiger partial charge in [-0.05, 0) is 77.4 Å². The van der Waals surface area contributed by atoms with Crippen LogP contribution in [0.4, 0.5) is 5.69 Å². The summed E-state index contributed by atoms with van der Waals surface area (Å²) in [5.41, 5.74) is 3.99. The number of benzene rings is 2. The predicted molar refractivity (Wildman–Crippen MR) is 118 cm³/mol. The van der Waals surface area contributed by atoms with Crippen LogP contribution in [0.3, 0.4) is 0 Å². The van der Waals surface area contributed by atoms with Crippen molar-refractivity contribution in [2.24, 2.45) is 0 Å². The van der Waals surface area contributed by atoms with Crippen LogP contribution in [0.25, 0.3) is 0 Å². The number of nitrogens with zero attached hydrogens (tertiary/aromatic N) is 2. The quantitative estimate of drug-likeness (QED) is 0.370. The van der Waals surface area contributed by atoms with Gasteiger partial charge in [0.05, 0.1) is 19.3 Å². The van der Waals surface area contributed by atoms with E-state index in [4.69, 9.17) is 9.15 Å². The molecule has 0 aliphatic rings. The molecule has 6 nitrogen and oxygen atoms in total. The van der Waals surface area contributed by atoms with Crippen molar-refractivity contribution < 1.29 is 13.9 Å². The molecule has 0 aliphatic heterocycles. The van der Waals surface area contributed by atoms with Crippen molar-refractivity contribution in [1.29, 1.82) is 0 Å². The van der Waals surface area contributed by atoms with Crippen LogP contribution in [0.5, 0.6) is 5.75 Å². The Bertz CT molecular complexity index is 950. The number of methoxy groups -OCH3 is 1. The lowest BCUT2D eigenvalue weighted by atomic mass is 10.1. The molecule has 1 N–H and O–H groups in total. The molecule has 2 aromatic carbocycles. The number of anilines is 1. The molecule has 0 atom stereocenters. The third-order valence-corrected chi connectivity index (χ3v) is 5.49. The summed E-state index contributed by atoms with van der Waals surface area (Å²) >= 11 is 3.49. The number of aromatic nitrogens is 2. The highest BCUT2D eigenvalue weighted by Gasteiger charge is 2.12. The molecule has 3 rings (SSSR count). The van der Waals surface area contributed by atoms with E-state index < -0.39 is 0 Å². The summed E-state index contributed by atoms with van der Waals surface area (Å²) in [6, 6.07) is 11.8. The van der Waals surface area contributed by atoms with Gasteiger partial charge in [-0.3, -0.25) is 4.79 Å². The van der Waals surface area contributed by atoms with E-state index >= 15 is 0 Å². The Labute approximate surface area is 181 Å². The summed E-state index contributed by atoms with van der Waals surface area (Å²) in [7, 11) is 1.63. The van der Waals surface area contributed by atoms with Gasteiger partial charge >= 0.3 is 0 Å². The molecule has 0 unspecified atom stereocenters. The van der Waals surface area contributed by atoms with Crippen LogP contribution < -0.4 is 10.1 Å². The minimum Gasteiger partial charge on any atom is -0.497 e. The Morgan fingerprint density at radius 3 is 2.50 bits per heavy atom. The van der Waals surface area contributed by atoms with Crippen molar-refractivity contribution in [2.75, 3.05) is 18.2 Å². The SMILES string of the molecule is COc1ccc(Cc2nnc(SCC(=O)Nc3c(C)cc(I)cc3C)o2)cc1. The summed E-state index contributed by atoms with van der Waals surface area (Å²) in [5, 5.41) is 11.4. The fourth-order valence-electron chi connectivity index (χ4n) is 2.70. The van der Waals surface area contributed by atoms with Crippen LogP contribution in [0, 0.1) is 17.4 Å². The molecule has 0 spiro atoms. The number of nitrogens with one attached hydrogen (secondary N) is 1. The first kappa shape index (κ1) is 20.7. The van der Waals surface area contributed by atoms with Gasteiger partial charge in [-0.15, -0.1) is 10.2 Å². The zero-order chi connectivity index (χ0) is 20.1. The average molecular weight is 509 g/mol. The van der Waals surface area contributed by atoms with Crippen LogP contribution in [-0.2, 0) is 11.2 Å². The van der Waals surface area contributed by atoms with Crippen molar-refractivity contribution in [3.8, 4) is 5.75 Å². The number of carbonyl (C=O) groups is 1. The van der Waals surface area contributed by atoms with E-state index in [0.29, 0.717) is 17.5 Å². The van der Waals surface area contributed by atoms with Crippen LogP contribution in [0.15, 0.2) is 46.0 Å². The Balaban J connectivity index is 1.54. The highest BCUT2D eigenvalue weighted by Crippen LogP contribution is 2.24. The first-order chi connectivity index (χ1) is 13.4. The van der Waals surface area contributed by atoms with Gasteiger partial charge in [0.1, 0.15) is 5.75 Å². The molecule has 0 aliphatic carbocycles. The number of rotatable bonds is 7. The van der Waals surface area contributed by atoms with E-state index in [2.05, 4.69) is 38.1 Å². The van der Waals surface area contributed by atoms with Crippen LogP contribution >= 0.6 is 34.4 Å². The highest BCUT2D eigenvalue weighted by atomic mass is 127. The van der Waals surface area contributed by atoms with Gasteiger partial charge in [0.25, 0.3) is 5.22 Å². The molecular formula is C20H20IN3O3S. The standard InChI is InChI=1S/C20H20IN3O3S/c1-12-8-15(21)9-13(2)19(12)22-17(25)11-28-20-24-23-18(27-20)10-14-4-6-16(26-3)7-5-14/h4-9H,10-11H2,1-3H3,(H,22,25). The second-order valence-corrected chi connectivity index (χ2v) is 8.41. The van der Waals surface area contributed by atoms with Crippen LogP contribution in [0.2, 0.25) is 0 Å². The molecule has 0 radical (unpaired) electrons. The van der Waals surface area contributed by atoms with Crippen LogP contribution in [0.1, 0.15) is 22.6 Å². The Morgan fingerprint density at radius 2 is 1.86 bits per heavy atom. The summed E-state index contributed by atoms with van der Waals surface area (Å²) in [6.45, 7) is 3.97. The Morgan fingerprint density at radius 1 is 1.18 bits per heavy atom. The van der Waals surface area contributed by atoms with Crippen LogP contribution in [-0.4, -0.2) is 29.0 Å². The fraction of sp³-hybridized carbons (Fsp3) is 0.250. The van der Waals surface area contributed by atoms with E-state index in [0.717, 1.165) is 31.7 Å². The maximum Gasteiger partial charge on any atom is 0.277 e. The third-order valence-electron chi connectivity index (χ3n) is 4.05. The second-order valence-electron chi connectivity index (χ2n) is 6.24. The minimum absolute atomic E-state index is 0.104. The normalized spacial score (nSPS) is 10.7. The molecular weight excluding hydrogens is 489 g/mol. The first-order valence-corrected chi connectivity index (χ1v) is 10.7. The van der Waals surface area contributed by atoms with Crippen molar-refractivity contribution in [1.82, 2.24) is 10.2 Å². The molecule has 1 aromatic heterocycles. The van der Waals surface area contributed by atoms with Gasteiger partial charge < -0.3 is 14.5 Å². The van der Waals surface area contributed by atoms with Gasteiger partial charge in [-0.2, -0.15) is 0 Å². The molecule has 1 heterocycles. The highest BCUT2D eigenvalue weighted by molar-refractivity contribution is 14.1. The molecule has 0 saturated heterocycles. The monoisotopic (exact) mass is 509 g/mol. The lowest BCUT2D eigenvalue weighted by Gasteiger charge is -2.11.